The molecule has 2 amide bonds. The summed E-state index contributed by atoms with van der Waals surface area (Å²) in [5.74, 6) is -0.820. The van der Waals surface area contributed by atoms with Crippen LogP contribution in [-0.4, -0.2) is 22.0 Å². The summed E-state index contributed by atoms with van der Waals surface area (Å²) < 4.78 is 5.66. The van der Waals surface area contributed by atoms with Crippen molar-refractivity contribution in [2.45, 2.75) is 23.8 Å². The van der Waals surface area contributed by atoms with Gasteiger partial charge in [-0.15, -0.1) is 0 Å². The Labute approximate surface area is 148 Å². The summed E-state index contributed by atoms with van der Waals surface area (Å²) in [5, 5.41) is 2.79. The van der Waals surface area contributed by atoms with Crippen LogP contribution in [0, 0.1) is 0 Å². The zero-order valence-electron chi connectivity index (χ0n) is 13.6. The van der Waals surface area contributed by atoms with E-state index >= 15 is 0 Å². The summed E-state index contributed by atoms with van der Waals surface area (Å²) in [6.07, 6.45) is 0.577. The minimum Gasteiger partial charge on any atom is -0.431 e. The van der Waals surface area contributed by atoms with Crippen molar-refractivity contribution < 1.29 is 14.0 Å². The first-order valence-corrected chi connectivity index (χ1v) is 8.68. The van der Waals surface area contributed by atoms with E-state index in [1.807, 2.05) is 31.2 Å². The average Bonchev–Trinajstić information content (AvgIpc) is 3.02. The van der Waals surface area contributed by atoms with Crippen LogP contribution < -0.4 is 11.1 Å². The van der Waals surface area contributed by atoms with Crippen LogP contribution in [0.3, 0.4) is 0 Å². The highest BCUT2D eigenvalue weighted by Gasteiger charge is 2.22. The first kappa shape index (κ1) is 17.0. The summed E-state index contributed by atoms with van der Waals surface area (Å²) in [4.78, 5) is 28.4. The molecule has 3 N–H and O–H groups in total. The Morgan fingerprint density at radius 3 is 2.64 bits per heavy atom. The van der Waals surface area contributed by atoms with Crippen molar-refractivity contribution in [3.63, 3.8) is 0 Å². The number of thioether (sulfide) groups is 1. The van der Waals surface area contributed by atoms with Gasteiger partial charge in [0.1, 0.15) is 5.52 Å². The molecule has 1 aromatic heterocycles. The van der Waals surface area contributed by atoms with Crippen LogP contribution >= 0.6 is 11.8 Å². The van der Waals surface area contributed by atoms with Crippen LogP contribution in [-0.2, 0) is 4.79 Å². The monoisotopic (exact) mass is 355 g/mol. The number of aromatic nitrogens is 1. The number of nitrogens with two attached hydrogens (primary N) is 1. The van der Waals surface area contributed by atoms with Crippen LogP contribution in [0.4, 0.5) is 5.69 Å². The molecule has 0 saturated carbocycles. The molecule has 0 fully saturated rings. The van der Waals surface area contributed by atoms with E-state index < -0.39 is 11.2 Å². The van der Waals surface area contributed by atoms with Crippen molar-refractivity contribution in [1.82, 2.24) is 4.98 Å². The molecule has 7 heteroatoms. The maximum Gasteiger partial charge on any atom is 0.257 e. The molecule has 0 spiro atoms. The van der Waals surface area contributed by atoms with Gasteiger partial charge >= 0.3 is 0 Å². The number of amides is 2. The van der Waals surface area contributed by atoms with Crippen molar-refractivity contribution in [2.75, 3.05) is 5.32 Å². The summed E-state index contributed by atoms with van der Waals surface area (Å²) in [6.45, 7) is 1.90. The SMILES string of the molecule is CCC(Sc1nc2ccccc2o1)C(=O)Nc1ccccc1C(N)=O. The second-order valence-corrected chi connectivity index (χ2v) is 6.52. The Morgan fingerprint density at radius 1 is 1.20 bits per heavy atom. The van der Waals surface area contributed by atoms with E-state index in [0.717, 1.165) is 5.52 Å². The molecule has 1 atom stereocenters. The number of carbonyl (C=O) groups is 2. The van der Waals surface area contributed by atoms with E-state index in [0.29, 0.717) is 22.9 Å². The Morgan fingerprint density at radius 2 is 1.92 bits per heavy atom. The van der Waals surface area contributed by atoms with E-state index in [1.54, 1.807) is 24.3 Å². The fourth-order valence-electron chi connectivity index (χ4n) is 2.37. The van der Waals surface area contributed by atoms with Crippen LogP contribution in [0.1, 0.15) is 23.7 Å². The Bertz CT molecular complexity index is 890. The topological polar surface area (TPSA) is 98.2 Å². The molecule has 25 heavy (non-hydrogen) atoms. The van der Waals surface area contributed by atoms with Gasteiger partial charge in [-0.1, -0.05) is 43.0 Å². The highest BCUT2D eigenvalue weighted by atomic mass is 32.2. The lowest BCUT2D eigenvalue weighted by Crippen LogP contribution is -2.26. The van der Waals surface area contributed by atoms with E-state index in [2.05, 4.69) is 10.3 Å². The molecule has 3 aromatic rings. The third-order valence-corrected chi connectivity index (χ3v) is 4.84. The van der Waals surface area contributed by atoms with Crippen LogP contribution in [0.25, 0.3) is 11.1 Å². The van der Waals surface area contributed by atoms with Crippen molar-refractivity contribution in [2.24, 2.45) is 5.73 Å². The molecule has 0 aliphatic heterocycles. The van der Waals surface area contributed by atoms with Crippen molar-refractivity contribution >= 4 is 40.4 Å². The number of hydrogen-bond donors (Lipinski definition) is 2. The molecule has 3 rings (SSSR count). The minimum absolute atomic E-state index is 0.233. The molecule has 0 radical (unpaired) electrons. The highest BCUT2D eigenvalue weighted by molar-refractivity contribution is 8.00. The molecular weight excluding hydrogens is 338 g/mol. The standard InChI is InChI=1S/C18H17N3O3S/c1-2-15(25-18-21-13-9-5-6-10-14(13)24-18)17(23)20-12-8-4-3-7-11(12)16(19)22/h3-10,15H,2H2,1H3,(H2,19,22)(H,20,23). The van der Waals surface area contributed by atoms with Gasteiger partial charge in [0.15, 0.2) is 5.58 Å². The lowest BCUT2D eigenvalue weighted by Gasteiger charge is -2.14. The van der Waals surface area contributed by atoms with Gasteiger partial charge in [-0.3, -0.25) is 9.59 Å². The first-order valence-electron chi connectivity index (χ1n) is 7.80. The van der Waals surface area contributed by atoms with Crippen LogP contribution in [0.15, 0.2) is 58.2 Å². The quantitative estimate of drug-likeness (QED) is 0.660. The lowest BCUT2D eigenvalue weighted by molar-refractivity contribution is -0.115. The van der Waals surface area contributed by atoms with Gasteiger partial charge in [-0.2, -0.15) is 0 Å². The number of nitrogens with zero attached hydrogens (tertiary/aromatic N) is 1. The molecule has 0 aliphatic rings. The number of nitrogens with one attached hydrogen (secondary N) is 1. The van der Waals surface area contributed by atoms with Gasteiger partial charge in [0, 0.05) is 0 Å². The van der Waals surface area contributed by atoms with E-state index in [1.165, 1.54) is 11.8 Å². The predicted octanol–water partition coefficient (Wildman–Crippen LogP) is 3.44. The largest absolute Gasteiger partial charge is 0.431 e. The number of carbonyl (C=O) groups excluding carboxylic acids is 2. The Hall–Kier alpha value is -2.80. The van der Waals surface area contributed by atoms with E-state index in [9.17, 15) is 9.59 Å². The highest BCUT2D eigenvalue weighted by Crippen LogP contribution is 2.29. The second-order valence-electron chi connectivity index (χ2n) is 5.36. The smallest absolute Gasteiger partial charge is 0.257 e. The molecule has 0 saturated heterocycles. The third-order valence-electron chi connectivity index (χ3n) is 3.63. The molecule has 1 heterocycles. The Kier molecular flexibility index (Phi) is 5.04. The number of rotatable bonds is 6. The van der Waals surface area contributed by atoms with Crippen molar-refractivity contribution in [3.05, 3.63) is 54.1 Å². The number of oxazole rings is 1. The minimum atomic E-state index is -0.587. The van der Waals surface area contributed by atoms with Gasteiger partial charge in [0.05, 0.1) is 16.5 Å². The normalized spacial score (nSPS) is 12.0. The number of hydrogen-bond acceptors (Lipinski definition) is 5. The molecule has 1 unspecified atom stereocenters. The maximum atomic E-state index is 12.6. The third kappa shape index (κ3) is 3.83. The van der Waals surface area contributed by atoms with Crippen molar-refractivity contribution in [1.29, 1.82) is 0 Å². The van der Waals surface area contributed by atoms with Crippen molar-refractivity contribution in [3.8, 4) is 0 Å². The summed E-state index contributed by atoms with van der Waals surface area (Å²) in [5.41, 5.74) is 7.45. The van der Waals surface area contributed by atoms with Gasteiger partial charge in [-0.05, 0) is 30.7 Å². The molecule has 6 nitrogen and oxygen atoms in total. The number of primary amides is 1. The molecule has 2 aromatic carbocycles. The molecule has 0 aliphatic carbocycles. The zero-order valence-corrected chi connectivity index (χ0v) is 14.4. The molecular formula is C18H17N3O3S. The van der Waals surface area contributed by atoms with Gasteiger partial charge in [-0.25, -0.2) is 4.98 Å². The lowest BCUT2D eigenvalue weighted by atomic mass is 10.1. The summed E-state index contributed by atoms with van der Waals surface area (Å²) >= 11 is 1.25. The number of anilines is 1. The number of fused-ring (bicyclic) bond motifs is 1. The Balaban J connectivity index is 1.76. The van der Waals surface area contributed by atoms with E-state index in [4.69, 9.17) is 10.2 Å². The second kappa shape index (κ2) is 7.40. The van der Waals surface area contributed by atoms with E-state index in [-0.39, 0.29) is 11.5 Å². The molecule has 0 bridgehead atoms. The summed E-state index contributed by atoms with van der Waals surface area (Å²) in [7, 11) is 0. The van der Waals surface area contributed by atoms with Gasteiger partial charge < -0.3 is 15.5 Å². The van der Waals surface area contributed by atoms with Gasteiger partial charge in [0.2, 0.25) is 5.91 Å². The van der Waals surface area contributed by atoms with Gasteiger partial charge in [0.25, 0.3) is 11.1 Å². The number of para-hydroxylation sites is 3. The molecule has 128 valence electrons. The first-order chi connectivity index (χ1) is 12.1. The predicted molar refractivity (Wildman–Crippen MR) is 97.5 cm³/mol. The summed E-state index contributed by atoms with van der Waals surface area (Å²) in [6, 6.07) is 14.1. The fourth-order valence-corrected chi connectivity index (χ4v) is 3.23. The van der Waals surface area contributed by atoms with Crippen LogP contribution in [0.2, 0.25) is 0 Å². The van der Waals surface area contributed by atoms with Crippen LogP contribution in [0.5, 0.6) is 0 Å². The zero-order chi connectivity index (χ0) is 17.8. The fraction of sp³-hybridized carbons (Fsp3) is 0.167. The maximum absolute atomic E-state index is 12.6. The number of benzene rings is 2. The average molecular weight is 355 g/mol.